The van der Waals surface area contributed by atoms with Gasteiger partial charge in [-0.3, -0.25) is 0 Å². The van der Waals surface area contributed by atoms with Gasteiger partial charge in [-0.2, -0.15) is 0 Å². The van der Waals surface area contributed by atoms with Gasteiger partial charge in [0.15, 0.2) is 12.8 Å². The van der Waals surface area contributed by atoms with Crippen LogP contribution >= 0.6 is 0 Å². The fraction of sp³-hybridized carbons (Fsp3) is 0.240. The Kier molecular flexibility index (Phi) is 6.67. The first-order chi connectivity index (χ1) is 13.9. The van der Waals surface area contributed by atoms with Gasteiger partial charge in [0, 0.05) is 5.56 Å². The van der Waals surface area contributed by atoms with Gasteiger partial charge < -0.3 is 9.63 Å². The summed E-state index contributed by atoms with van der Waals surface area (Å²) in [6.07, 6.45) is 1.62. The maximum atomic E-state index is 12.4. The second-order valence-corrected chi connectivity index (χ2v) is 12.5. The summed E-state index contributed by atoms with van der Waals surface area (Å²) in [5, 5.41) is 14.7. The van der Waals surface area contributed by atoms with Crippen molar-refractivity contribution in [1.29, 1.82) is 0 Å². The highest BCUT2D eigenvalue weighted by molar-refractivity contribution is 6.99. The second kappa shape index (κ2) is 9.20. The van der Waals surface area contributed by atoms with Crippen LogP contribution in [0, 0.1) is 5.21 Å². The van der Waals surface area contributed by atoms with Crippen molar-refractivity contribution in [3.63, 3.8) is 0 Å². The predicted molar refractivity (Wildman–Crippen MR) is 123 cm³/mol. The first kappa shape index (κ1) is 21.0. The molecular weight excluding hydrogens is 374 g/mol. The average Bonchev–Trinajstić information content (AvgIpc) is 2.72. The van der Waals surface area contributed by atoms with Crippen LogP contribution in [0.25, 0.3) is 0 Å². The lowest BCUT2D eigenvalue weighted by Crippen LogP contribution is -2.66. The zero-order valence-electron chi connectivity index (χ0n) is 17.4. The smallest absolute Gasteiger partial charge is 0.261 e. The molecule has 29 heavy (non-hydrogen) atoms. The summed E-state index contributed by atoms with van der Waals surface area (Å²) in [4.78, 5) is 0. The Balaban J connectivity index is 1.92. The summed E-state index contributed by atoms with van der Waals surface area (Å²) < 4.78 is 7.68. The van der Waals surface area contributed by atoms with Crippen LogP contribution in [-0.2, 0) is 11.0 Å². The van der Waals surface area contributed by atoms with Gasteiger partial charge in [0.25, 0.3) is 8.32 Å². The highest BCUT2D eigenvalue weighted by atomic mass is 28.4. The van der Waals surface area contributed by atoms with Crippen LogP contribution in [0.2, 0.25) is 5.04 Å². The first-order valence-electron chi connectivity index (χ1n) is 9.99. The van der Waals surface area contributed by atoms with Gasteiger partial charge in [-0.05, 0) is 15.4 Å². The molecule has 0 aliphatic heterocycles. The van der Waals surface area contributed by atoms with Crippen LogP contribution in [0.3, 0.4) is 0 Å². The van der Waals surface area contributed by atoms with Gasteiger partial charge in [-0.15, -0.1) is 0 Å². The normalized spacial score (nSPS) is 12.7. The largest absolute Gasteiger partial charge is 0.624 e. The predicted octanol–water partition coefficient (Wildman–Crippen LogP) is 4.34. The minimum atomic E-state index is -2.60. The highest BCUT2D eigenvalue weighted by Gasteiger charge is 2.50. The molecule has 0 N–H and O–H groups in total. The zero-order chi connectivity index (χ0) is 20.7. The van der Waals surface area contributed by atoms with Crippen LogP contribution in [0.1, 0.15) is 26.3 Å². The Morgan fingerprint density at radius 2 is 1.24 bits per heavy atom. The van der Waals surface area contributed by atoms with E-state index in [1.807, 2.05) is 42.5 Å². The van der Waals surface area contributed by atoms with Crippen LogP contribution in [0.5, 0.6) is 0 Å². The summed E-state index contributed by atoms with van der Waals surface area (Å²) in [5.74, 6) is 0. The lowest BCUT2D eigenvalue weighted by molar-refractivity contribution is -0.471. The molecule has 0 aliphatic rings. The number of nitrogens with zero attached hydrogens (tertiary/aromatic N) is 1. The molecule has 4 heteroatoms. The third kappa shape index (κ3) is 4.84. The van der Waals surface area contributed by atoms with Crippen molar-refractivity contribution in [3.8, 4) is 0 Å². The molecule has 0 amide bonds. The maximum absolute atomic E-state index is 12.4. The molecule has 0 fully saturated rings. The molecule has 0 atom stereocenters. The molecule has 3 aromatic carbocycles. The lowest BCUT2D eigenvalue weighted by Gasteiger charge is -2.42. The summed E-state index contributed by atoms with van der Waals surface area (Å²) in [7, 11) is -2.60. The number of rotatable bonds is 7. The Labute approximate surface area is 175 Å². The number of hydrogen-bond donors (Lipinski definition) is 0. The third-order valence-electron chi connectivity index (χ3n) is 5.18. The van der Waals surface area contributed by atoms with Crippen molar-refractivity contribution < 1.29 is 9.16 Å². The molecule has 0 saturated carbocycles. The van der Waals surface area contributed by atoms with Crippen molar-refractivity contribution in [2.24, 2.45) is 0 Å². The molecule has 150 valence electrons. The summed E-state index contributed by atoms with van der Waals surface area (Å²) >= 11 is 0. The van der Waals surface area contributed by atoms with Crippen molar-refractivity contribution in [3.05, 3.63) is 102 Å². The van der Waals surface area contributed by atoms with Gasteiger partial charge in [0.1, 0.15) is 6.61 Å². The fourth-order valence-corrected chi connectivity index (χ4v) is 8.31. The SMILES string of the molecule is CC(C)(C)[Si](OC/C=[N+](\[O-])Cc1ccccc1)(c1ccccc1)c1ccccc1. The van der Waals surface area contributed by atoms with E-state index in [1.54, 1.807) is 6.21 Å². The van der Waals surface area contributed by atoms with Crippen LogP contribution in [-0.4, -0.2) is 25.9 Å². The van der Waals surface area contributed by atoms with Gasteiger partial charge >= 0.3 is 0 Å². The highest BCUT2D eigenvalue weighted by Crippen LogP contribution is 2.36. The standard InChI is InChI=1S/C25H29NO2Si/c1-25(2,3)29(23-15-9-5-10-16-23,24-17-11-6-12-18-24)28-20-19-26(27)21-22-13-7-4-8-14-22/h4-19H,20-21H2,1-3H3/b26-19-. The van der Waals surface area contributed by atoms with E-state index in [2.05, 4.69) is 69.3 Å². The van der Waals surface area contributed by atoms with Gasteiger partial charge in [-0.25, -0.2) is 4.74 Å². The number of hydroxylamine groups is 1. The van der Waals surface area contributed by atoms with Crippen molar-refractivity contribution in [1.82, 2.24) is 0 Å². The van der Waals surface area contributed by atoms with E-state index in [0.717, 1.165) is 10.3 Å². The van der Waals surface area contributed by atoms with E-state index in [4.69, 9.17) is 4.43 Å². The second-order valence-electron chi connectivity index (χ2n) is 8.22. The summed E-state index contributed by atoms with van der Waals surface area (Å²) in [6, 6.07) is 30.7. The molecule has 3 aromatic rings. The average molecular weight is 404 g/mol. The van der Waals surface area contributed by atoms with Crippen molar-refractivity contribution in [2.45, 2.75) is 32.4 Å². The molecule has 0 saturated heterocycles. The van der Waals surface area contributed by atoms with Crippen molar-refractivity contribution >= 4 is 24.9 Å². The van der Waals surface area contributed by atoms with E-state index in [-0.39, 0.29) is 11.6 Å². The van der Waals surface area contributed by atoms with E-state index in [1.165, 1.54) is 10.4 Å². The van der Waals surface area contributed by atoms with Gasteiger partial charge in [0.05, 0.1) is 0 Å². The van der Waals surface area contributed by atoms with Crippen LogP contribution < -0.4 is 10.4 Å². The van der Waals surface area contributed by atoms with E-state index in [9.17, 15) is 5.21 Å². The topological polar surface area (TPSA) is 35.3 Å². The van der Waals surface area contributed by atoms with Crippen molar-refractivity contribution in [2.75, 3.05) is 6.61 Å². The molecule has 0 aliphatic carbocycles. The van der Waals surface area contributed by atoms with E-state index in [0.29, 0.717) is 6.54 Å². The Bertz CT molecular complexity index is 880. The van der Waals surface area contributed by atoms with Gasteiger partial charge in [-0.1, -0.05) is 112 Å². The molecule has 3 rings (SSSR count). The molecule has 3 nitrogen and oxygen atoms in total. The maximum Gasteiger partial charge on any atom is 0.261 e. The first-order valence-corrected chi connectivity index (χ1v) is 11.9. The van der Waals surface area contributed by atoms with Crippen LogP contribution in [0.15, 0.2) is 91.0 Å². The molecular formula is C25H29NO2Si. The molecule has 0 radical (unpaired) electrons. The fourth-order valence-electron chi connectivity index (χ4n) is 3.83. The summed E-state index contributed by atoms with van der Waals surface area (Å²) in [6.45, 7) is 7.31. The Morgan fingerprint density at radius 3 is 1.69 bits per heavy atom. The quantitative estimate of drug-likeness (QED) is 0.193. The van der Waals surface area contributed by atoms with Crippen LogP contribution in [0.4, 0.5) is 0 Å². The minimum Gasteiger partial charge on any atom is -0.624 e. The zero-order valence-corrected chi connectivity index (χ0v) is 18.4. The van der Waals surface area contributed by atoms with E-state index >= 15 is 0 Å². The lowest BCUT2D eigenvalue weighted by atomic mass is 10.2. The number of benzene rings is 3. The Hall–Kier alpha value is -2.69. The third-order valence-corrected chi connectivity index (χ3v) is 10.2. The molecule has 0 bridgehead atoms. The molecule has 0 spiro atoms. The number of hydrogen-bond acceptors (Lipinski definition) is 2. The molecule has 0 unspecified atom stereocenters. The molecule has 0 aromatic heterocycles. The Morgan fingerprint density at radius 1 is 0.793 bits per heavy atom. The van der Waals surface area contributed by atoms with E-state index < -0.39 is 8.32 Å². The summed E-state index contributed by atoms with van der Waals surface area (Å²) in [5.41, 5.74) is 0.990. The minimum absolute atomic E-state index is 0.101. The molecule has 0 heterocycles. The monoisotopic (exact) mass is 403 g/mol. The van der Waals surface area contributed by atoms with Gasteiger partial charge in [0.2, 0.25) is 0 Å².